The number of aliphatic hydroxyl groups excluding tert-OH is 1. The largest absolute Gasteiger partial charge is 1.00 e. The molecule has 4 nitrogen and oxygen atoms in total. The Labute approximate surface area is 104 Å². The normalized spacial score (nSPS) is 11.3. The molecule has 14 heavy (non-hydrogen) atoms. The summed E-state index contributed by atoms with van der Waals surface area (Å²) >= 11 is 0. The molecule has 1 aromatic carbocycles. The van der Waals surface area contributed by atoms with Crippen molar-refractivity contribution in [3.8, 4) is 5.75 Å². The first-order chi connectivity index (χ1) is 6.15. The smallest absolute Gasteiger partial charge is 0.547 e. The fourth-order valence-electron chi connectivity index (χ4n) is 0.922. The standard InChI is InChI=1S/C9H10O4.Na/c1-13-7-4-2-6(3-5-7)8(10)9(11)12;/h2-5,8,10H,1H3,(H,11,12);/q;+1/p-1. The van der Waals surface area contributed by atoms with Crippen molar-refractivity contribution in [1.29, 1.82) is 0 Å². The fourth-order valence-corrected chi connectivity index (χ4v) is 0.922. The molecule has 0 spiro atoms. The number of hydrogen-bond donors (Lipinski definition) is 1. The van der Waals surface area contributed by atoms with Crippen molar-refractivity contribution < 1.29 is 49.3 Å². The van der Waals surface area contributed by atoms with Crippen molar-refractivity contribution in [2.45, 2.75) is 6.10 Å². The molecule has 1 atom stereocenters. The average Bonchev–Trinajstić information content (AvgIpc) is 2.17. The molecule has 5 heteroatoms. The first-order valence-corrected chi connectivity index (χ1v) is 3.68. The predicted molar refractivity (Wildman–Crippen MR) is 43.0 cm³/mol. The van der Waals surface area contributed by atoms with E-state index in [4.69, 9.17) is 9.84 Å². The number of hydrogen-bond acceptors (Lipinski definition) is 4. The number of benzene rings is 1. The SMILES string of the molecule is COc1ccc(C(O)C(=O)[O-])cc1.[Na+]. The molecule has 0 heterocycles. The van der Waals surface area contributed by atoms with Crippen LogP contribution in [0.4, 0.5) is 0 Å². The molecule has 0 fully saturated rings. The maximum atomic E-state index is 10.3. The molecule has 0 amide bonds. The number of aliphatic carboxylic acids is 1. The van der Waals surface area contributed by atoms with E-state index in [1.165, 1.54) is 19.2 Å². The second-order valence-corrected chi connectivity index (χ2v) is 2.49. The monoisotopic (exact) mass is 204 g/mol. The average molecular weight is 204 g/mol. The molecule has 0 radical (unpaired) electrons. The zero-order valence-electron chi connectivity index (χ0n) is 8.06. The third-order valence-corrected chi connectivity index (χ3v) is 1.65. The summed E-state index contributed by atoms with van der Waals surface area (Å²) in [7, 11) is 1.50. The van der Waals surface area contributed by atoms with Crippen molar-refractivity contribution in [3.63, 3.8) is 0 Å². The van der Waals surface area contributed by atoms with Crippen LogP contribution in [-0.2, 0) is 4.79 Å². The number of ether oxygens (including phenoxy) is 1. The van der Waals surface area contributed by atoms with Crippen molar-refractivity contribution in [2.24, 2.45) is 0 Å². The molecule has 0 saturated heterocycles. The summed E-state index contributed by atoms with van der Waals surface area (Å²) < 4.78 is 4.86. The van der Waals surface area contributed by atoms with E-state index < -0.39 is 12.1 Å². The number of carboxylic acid groups (broad SMARTS) is 1. The van der Waals surface area contributed by atoms with Crippen LogP contribution < -0.4 is 39.4 Å². The quantitative estimate of drug-likeness (QED) is 0.518. The van der Waals surface area contributed by atoms with Crippen LogP contribution >= 0.6 is 0 Å². The van der Waals surface area contributed by atoms with E-state index in [2.05, 4.69) is 0 Å². The molecule has 0 saturated carbocycles. The van der Waals surface area contributed by atoms with Gasteiger partial charge in [0.15, 0.2) is 0 Å². The molecule has 0 aliphatic rings. The van der Waals surface area contributed by atoms with Crippen molar-refractivity contribution in [2.75, 3.05) is 7.11 Å². The van der Waals surface area contributed by atoms with Crippen molar-refractivity contribution in [1.82, 2.24) is 0 Å². The van der Waals surface area contributed by atoms with E-state index in [1.54, 1.807) is 12.1 Å². The number of methoxy groups -OCH3 is 1. The summed E-state index contributed by atoms with van der Waals surface area (Å²) in [6.45, 7) is 0. The van der Waals surface area contributed by atoms with Gasteiger partial charge in [0.2, 0.25) is 0 Å². The van der Waals surface area contributed by atoms with Gasteiger partial charge in [-0.15, -0.1) is 0 Å². The van der Waals surface area contributed by atoms with Crippen LogP contribution in [0.2, 0.25) is 0 Å². The van der Waals surface area contributed by atoms with Crippen LogP contribution in [0.5, 0.6) is 5.75 Å². The molecule has 1 rings (SSSR count). The molecular formula is C9H9NaO4. The Kier molecular flexibility index (Phi) is 5.79. The Hall–Kier alpha value is -0.550. The van der Waals surface area contributed by atoms with Gasteiger partial charge in [0, 0.05) is 0 Å². The summed E-state index contributed by atoms with van der Waals surface area (Å²) in [5.41, 5.74) is 0.279. The molecule has 0 aliphatic heterocycles. The summed E-state index contributed by atoms with van der Waals surface area (Å²) in [6, 6.07) is 6.08. The zero-order chi connectivity index (χ0) is 9.84. The van der Waals surface area contributed by atoms with Gasteiger partial charge in [-0.2, -0.15) is 0 Å². The third kappa shape index (κ3) is 3.31. The van der Waals surface area contributed by atoms with E-state index in [0.717, 1.165) is 0 Å². The fraction of sp³-hybridized carbons (Fsp3) is 0.222. The minimum absolute atomic E-state index is 0. The number of carbonyl (C=O) groups excluding carboxylic acids is 1. The van der Waals surface area contributed by atoms with E-state index in [0.29, 0.717) is 5.75 Å². The molecule has 0 bridgehead atoms. The van der Waals surface area contributed by atoms with Crippen LogP contribution in [0, 0.1) is 0 Å². The first kappa shape index (κ1) is 13.4. The van der Waals surface area contributed by atoms with Crippen LogP contribution in [0.15, 0.2) is 24.3 Å². The summed E-state index contributed by atoms with van der Waals surface area (Å²) in [5, 5.41) is 19.3. The van der Waals surface area contributed by atoms with Gasteiger partial charge in [-0.1, -0.05) is 12.1 Å². The van der Waals surface area contributed by atoms with E-state index in [1.807, 2.05) is 0 Å². The van der Waals surface area contributed by atoms with Gasteiger partial charge in [-0.3, -0.25) is 0 Å². The molecular weight excluding hydrogens is 195 g/mol. The predicted octanol–water partition coefficient (Wildman–Crippen LogP) is -3.52. The Balaban J connectivity index is 0.00000169. The zero-order valence-corrected chi connectivity index (χ0v) is 10.1. The van der Waals surface area contributed by atoms with E-state index in [-0.39, 0.29) is 35.1 Å². The summed E-state index contributed by atoms with van der Waals surface area (Å²) in [6.07, 6.45) is -1.58. The minimum atomic E-state index is -1.58. The summed E-state index contributed by atoms with van der Waals surface area (Å²) in [5.74, 6) is -0.903. The molecule has 0 aromatic heterocycles. The Morgan fingerprint density at radius 3 is 2.29 bits per heavy atom. The maximum absolute atomic E-state index is 10.3. The number of carboxylic acids is 1. The topological polar surface area (TPSA) is 69.6 Å². The second-order valence-electron chi connectivity index (χ2n) is 2.49. The molecule has 1 aromatic rings. The number of rotatable bonds is 3. The maximum Gasteiger partial charge on any atom is 1.00 e. The van der Waals surface area contributed by atoms with Gasteiger partial charge < -0.3 is 19.7 Å². The van der Waals surface area contributed by atoms with Gasteiger partial charge in [0.05, 0.1) is 13.1 Å². The van der Waals surface area contributed by atoms with E-state index >= 15 is 0 Å². The van der Waals surface area contributed by atoms with Gasteiger partial charge in [-0.05, 0) is 17.7 Å². The third-order valence-electron chi connectivity index (χ3n) is 1.65. The minimum Gasteiger partial charge on any atom is -0.547 e. The Morgan fingerprint density at radius 2 is 1.93 bits per heavy atom. The molecule has 1 unspecified atom stereocenters. The first-order valence-electron chi connectivity index (χ1n) is 3.68. The number of aliphatic hydroxyl groups is 1. The Bertz CT molecular complexity index is 296. The molecule has 70 valence electrons. The molecule has 1 N–H and O–H groups in total. The Morgan fingerprint density at radius 1 is 1.43 bits per heavy atom. The van der Waals surface area contributed by atoms with Crippen LogP contribution in [0.3, 0.4) is 0 Å². The van der Waals surface area contributed by atoms with Crippen LogP contribution in [0.1, 0.15) is 11.7 Å². The van der Waals surface area contributed by atoms with Crippen LogP contribution in [0.25, 0.3) is 0 Å². The van der Waals surface area contributed by atoms with Crippen molar-refractivity contribution in [3.05, 3.63) is 29.8 Å². The van der Waals surface area contributed by atoms with Crippen LogP contribution in [-0.4, -0.2) is 18.2 Å². The summed E-state index contributed by atoms with van der Waals surface area (Å²) in [4.78, 5) is 10.3. The van der Waals surface area contributed by atoms with Gasteiger partial charge in [0.1, 0.15) is 11.9 Å². The van der Waals surface area contributed by atoms with E-state index in [9.17, 15) is 9.90 Å². The van der Waals surface area contributed by atoms with Crippen molar-refractivity contribution >= 4 is 5.97 Å². The second kappa shape index (κ2) is 6.03. The van der Waals surface area contributed by atoms with Gasteiger partial charge in [-0.25, -0.2) is 0 Å². The number of carbonyl (C=O) groups is 1. The van der Waals surface area contributed by atoms with Gasteiger partial charge in [0.25, 0.3) is 0 Å². The van der Waals surface area contributed by atoms with Gasteiger partial charge >= 0.3 is 29.6 Å². The molecule has 0 aliphatic carbocycles.